The largest absolute Gasteiger partial charge is 0.478 e. The van der Waals surface area contributed by atoms with Crippen LogP contribution in [0.15, 0.2) is 40.9 Å². The summed E-state index contributed by atoms with van der Waals surface area (Å²) in [4.78, 5) is 25.6. The molecule has 0 aromatic heterocycles. The third-order valence-corrected chi connectivity index (χ3v) is 2.10. The fraction of sp³-hybridized carbons (Fsp3) is 0.100. The Morgan fingerprint density at radius 3 is 2.93 bits per heavy atom. The van der Waals surface area contributed by atoms with Gasteiger partial charge in [-0.2, -0.15) is 0 Å². The standard InChI is InChI=1S/C10H7NO3/c12-9-5-7(10(13)14)6-3-1-2-4-8(6)11-9/h1-6H,(H,13,14). The van der Waals surface area contributed by atoms with Gasteiger partial charge in [0.2, 0.25) is 0 Å². The molecule has 1 heterocycles. The molecule has 1 aliphatic carbocycles. The lowest BCUT2D eigenvalue weighted by molar-refractivity contribution is -0.133. The van der Waals surface area contributed by atoms with Gasteiger partial charge in [0.1, 0.15) is 0 Å². The van der Waals surface area contributed by atoms with E-state index in [1.165, 1.54) is 0 Å². The first kappa shape index (κ1) is 8.62. The fourth-order valence-electron chi connectivity index (χ4n) is 1.48. The zero-order valence-electron chi connectivity index (χ0n) is 7.18. The Balaban J connectivity index is 2.46. The third-order valence-electron chi connectivity index (χ3n) is 2.10. The Labute approximate surface area is 80.0 Å². The van der Waals surface area contributed by atoms with E-state index in [4.69, 9.17) is 5.11 Å². The number of carbonyl (C=O) groups is 2. The van der Waals surface area contributed by atoms with E-state index in [9.17, 15) is 9.59 Å². The van der Waals surface area contributed by atoms with Gasteiger partial charge >= 0.3 is 5.97 Å². The quantitative estimate of drug-likeness (QED) is 0.660. The molecule has 4 heteroatoms. The van der Waals surface area contributed by atoms with E-state index in [-0.39, 0.29) is 11.5 Å². The molecule has 1 atom stereocenters. The molecule has 0 spiro atoms. The number of aliphatic carboxylic acids is 1. The molecule has 0 saturated carbocycles. The van der Waals surface area contributed by atoms with Crippen molar-refractivity contribution < 1.29 is 14.7 Å². The van der Waals surface area contributed by atoms with E-state index >= 15 is 0 Å². The van der Waals surface area contributed by atoms with Crippen molar-refractivity contribution in [2.24, 2.45) is 10.9 Å². The molecule has 0 aromatic rings. The maximum atomic E-state index is 11.0. The fourth-order valence-corrected chi connectivity index (χ4v) is 1.48. The van der Waals surface area contributed by atoms with Crippen molar-refractivity contribution in [3.05, 3.63) is 36.0 Å². The number of dihydropyridines is 1. The number of carboxylic acids is 1. The first-order chi connectivity index (χ1) is 6.68. The Bertz CT molecular complexity index is 427. The van der Waals surface area contributed by atoms with Gasteiger partial charge in [0, 0.05) is 6.08 Å². The summed E-state index contributed by atoms with van der Waals surface area (Å²) < 4.78 is 0. The zero-order valence-corrected chi connectivity index (χ0v) is 7.18. The van der Waals surface area contributed by atoms with Crippen molar-refractivity contribution in [2.45, 2.75) is 0 Å². The summed E-state index contributed by atoms with van der Waals surface area (Å²) in [6.07, 6.45) is 7.91. The number of carbonyl (C=O) groups excluding carboxylic acids is 1. The summed E-state index contributed by atoms with van der Waals surface area (Å²) >= 11 is 0. The highest BCUT2D eigenvalue weighted by Crippen LogP contribution is 2.23. The lowest BCUT2D eigenvalue weighted by Gasteiger charge is -2.18. The molecule has 0 radical (unpaired) electrons. The maximum absolute atomic E-state index is 11.0. The zero-order chi connectivity index (χ0) is 10.1. The highest BCUT2D eigenvalue weighted by Gasteiger charge is 2.27. The number of hydrogen-bond acceptors (Lipinski definition) is 2. The van der Waals surface area contributed by atoms with Crippen molar-refractivity contribution in [3.8, 4) is 0 Å². The summed E-state index contributed by atoms with van der Waals surface area (Å²) in [5.41, 5.74) is 0.581. The number of amides is 1. The molecular weight excluding hydrogens is 182 g/mol. The van der Waals surface area contributed by atoms with Crippen LogP contribution in [0.5, 0.6) is 0 Å². The summed E-state index contributed by atoms with van der Waals surface area (Å²) in [5, 5.41) is 8.86. The van der Waals surface area contributed by atoms with Crippen LogP contribution >= 0.6 is 0 Å². The highest BCUT2D eigenvalue weighted by molar-refractivity contribution is 6.17. The van der Waals surface area contributed by atoms with Gasteiger partial charge in [-0.15, -0.1) is 0 Å². The molecular formula is C10H7NO3. The minimum Gasteiger partial charge on any atom is -0.478 e. The number of nitrogens with zero attached hydrogens (tertiary/aromatic N) is 1. The first-order valence-electron chi connectivity index (χ1n) is 4.11. The van der Waals surface area contributed by atoms with Gasteiger partial charge in [-0.25, -0.2) is 9.79 Å². The molecule has 2 aliphatic rings. The van der Waals surface area contributed by atoms with E-state index in [1.807, 2.05) is 0 Å². The first-order valence-corrected chi connectivity index (χ1v) is 4.11. The van der Waals surface area contributed by atoms with E-state index < -0.39 is 11.9 Å². The van der Waals surface area contributed by atoms with Crippen LogP contribution in [0.2, 0.25) is 0 Å². The monoisotopic (exact) mass is 189 g/mol. The van der Waals surface area contributed by atoms with Crippen molar-refractivity contribution in [2.75, 3.05) is 0 Å². The normalized spacial score (nSPS) is 24.0. The van der Waals surface area contributed by atoms with Crippen LogP contribution in [0.4, 0.5) is 0 Å². The molecule has 1 amide bonds. The molecule has 70 valence electrons. The molecule has 1 aliphatic heterocycles. The number of hydrogen-bond donors (Lipinski definition) is 1. The van der Waals surface area contributed by atoms with Crippen LogP contribution in [0.25, 0.3) is 0 Å². The van der Waals surface area contributed by atoms with Crippen LogP contribution in [-0.4, -0.2) is 22.7 Å². The summed E-state index contributed by atoms with van der Waals surface area (Å²) in [5.74, 6) is -1.96. The van der Waals surface area contributed by atoms with Crippen molar-refractivity contribution in [1.29, 1.82) is 0 Å². The molecule has 0 bridgehead atoms. The Morgan fingerprint density at radius 2 is 2.21 bits per heavy atom. The molecule has 1 unspecified atom stereocenters. The van der Waals surface area contributed by atoms with Crippen molar-refractivity contribution in [1.82, 2.24) is 0 Å². The summed E-state index contributed by atoms with van der Waals surface area (Å²) in [7, 11) is 0. The average Bonchev–Trinajstić information content (AvgIpc) is 2.16. The Morgan fingerprint density at radius 1 is 1.43 bits per heavy atom. The highest BCUT2D eigenvalue weighted by atomic mass is 16.4. The smallest absolute Gasteiger partial charge is 0.332 e. The molecule has 1 N–H and O–H groups in total. The lowest BCUT2D eigenvalue weighted by atomic mass is 9.88. The number of carboxylic acid groups (broad SMARTS) is 1. The molecule has 14 heavy (non-hydrogen) atoms. The second-order valence-electron chi connectivity index (χ2n) is 3.00. The van der Waals surface area contributed by atoms with E-state index in [2.05, 4.69) is 4.99 Å². The molecule has 0 aromatic carbocycles. The van der Waals surface area contributed by atoms with Crippen molar-refractivity contribution in [3.63, 3.8) is 0 Å². The van der Waals surface area contributed by atoms with Gasteiger partial charge in [0.25, 0.3) is 5.91 Å². The minimum atomic E-state index is -1.07. The SMILES string of the molecule is O=C1C=C(C(=O)O)C2C=CC=CC2=N1. The molecule has 4 nitrogen and oxygen atoms in total. The van der Waals surface area contributed by atoms with Gasteiger partial charge in [-0.1, -0.05) is 18.2 Å². The van der Waals surface area contributed by atoms with Gasteiger partial charge in [0.15, 0.2) is 0 Å². The van der Waals surface area contributed by atoms with Crippen LogP contribution in [0.1, 0.15) is 0 Å². The Hall–Kier alpha value is -1.97. The average molecular weight is 189 g/mol. The van der Waals surface area contributed by atoms with Gasteiger partial charge in [-0.05, 0) is 6.08 Å². The number of fused-ring (bicyclic) bond motifs is 1. The Kier molecular flexibility index (Phi) is 1.89. The predicted octanol–water partition coefficient (Wildman–Crippen LogP) is 0.721. The second kappa shape index (κ2) is 3.06. The van der Waals surface area contributed by atoms with Crippen LogP contribution in [-0.2, 0) is 9.59 Å². The number of allylic oxidation sites excluding steroid dienone is 4. The second-order valence-corrected chi connectivity index (χ2v) is 3.00. The van der Waals surface area contributed by atoms with Gasteiger partial charge in [-0.3, -0.25) is 4.79 Å². The van der Waals surface area contributed by atoms with Crippen molar-refractivity contribution >= 4 is 17.6 Å². The van der Waals surface area contributed by atoms with Gasteiger partial charge in [0.05, 0.1) is 17.2 Å². The van der Waals surface area contributed by atoms with E-state index in [0.717, 1.165) is 6.08 Å². The van der Waals surface area contributed by atoms with Crippen LogP contribution in [0.3, 0.4) is 0 Å². The molecule has 0 saturated heterocycles. The van der Waals surface area contributed by atoms with E-state index in [0.29, 0.717) is 5.71 Å². The summed E-state index contributed by atoms with van der Waals surface area (Å²) in [6.45, 7) is 0. The number of rotatable bonds is 1. The minimum absolute atomic E-state index is 0.0839. The maximum Gasteiger partial charge on any atom is 0.332 e. The third kappa shape index (κ3) is 1.31. The predicted molar refractivity (Wildman–Crippen MR) is 49.9 cm³/mol. The molecule has 0 fully saturated rings. The number of aliphatic imine (C=N–C) groups is 1. The van der Waals surface area contributed by atoms with Gasteiger partial charge < -0.3 is 5.11 Å². The summed E-state index contributed by atoms with van der Waals surface area (Å²) in [6, 6.07) is 0. The van der Waals surface area contributed by atoms with Crippen LogP contribution < -0.4 is 0 Å². The lowest BCUT2D eigenvalue weighted by Crippen LogP contribution is -2.25. The van der Waals surface area contributed by atoms with Crippen LogP contribution in [0, 0.1) is 5.92 Å². The van der Waals surface area contributed by atoms with E-state index in [1.54, 1.807) is 24.3 Å². The molecule has 2 rings (SSSR count). The topological polar surface area (TPSA) is 66.7 Å².